The molecule has 0 saturated carbocycles. The molecule has 62 valence electrons. The topological polar surface area (TPSA) is 51.2 Å². The Hall–Kier alpha value is -0.990. The highest BCUT2D eigenvalue weighted by Gasteiger charge is 2.22. The molecule has 0 rings (SSSR count). The van der Waals surface area contributed by atoms with Gasteiger partial charge in [-0.3, -0.25) is 14.4 Å². The molecule has 0 radical (unpaired) electrons. The number of rotatable bonds is 3. The minimum atomic E-state index is -0.648. The molecule has 0 aliphatic heterocycles. The van der Waals surface area contributed by atoms with E-state index < -0.39 is 11.2 Å². The van der Waals surface area contributed by atoms with Crippen molar-refractivity contribution in [1.29, 1.82) is 0 Å². The van der Waals surface area contributed by atoms with Crippen LogP contribution in [0.3, 0.4) is 0 Å². The molecule has 0 fully saturated rings. The number of aldehydes is 1. The molecule has 0 aromatic carbocycles. The zero-order chi connectivity index (χ0) is 9.07. The second-order valence-electron chi connectivity index (χ2n) is 3.43. The van der Waals surface area contributed by atoms with E-state index >= 15 is 0 Å². The summed E-state index contributed by atoms with van der Waals surface area (Å²) in [6.07, 6.45) is -0.0867. The van der Waals surface area contributed by atoms with Crippen LogP contribution in [-0.2, 0) is 14.4 Å². The van der Waals surface area contributed by atoms with Crippen LogP contribution in [0.15, 0.2) is 0 Å². The van der Waals surface area contributed by atoms with E-state index in [1.807, 2.05) is 0 Å². The van der Waals surface area contributed by atoms with Crippen molar-refractivity contribution in [2.24, 2.45) is 5.41 Å². The van der Waals surface area contributed by atoms with E-state index in [1.165, 1.54) is 0 Å². The van der Waals surface area contributed by atoms with Crippen molar-refractivity contribution in [3.8, 4) is 0 Å². The summed E-state index contributed by atoms with van der Waals surface area (Å²) >= 11 is 0. The van der Waals surface area contributed by atoms with Crippen molar-refractivity contribution in [2.45, 2.75) is 27.2 Å². The van der Waals surface area contributed by atoms with Crippen LogP contribution in [0.4, 0.5) is 0 Å². The fourth-order valence-corrected chi connectivity index (χ4v) is 0.465. The highest BCUT2D eigenvalue weighted by Crippen LogP contribution is 2.16. The Bertz CT molecular complexity index is 186. The highest BCUT2D eigenvalue weighted by molar-refractivity contribution is 6.29. The summed E-state index contributed by atoms with van der Waals surface area (Å²) in [5.41, 5.74) is -0.529. The minimum Gasteiger partial charge on any atom is -0.299 e. The number of hydrogen-bond donors (Lipinski definition) is 0. The Labute approximate surface area is 65.8 Å². The monoisotopic (exact) mass is 156 g/mol. The van der Waals surface area contributed by atoms with Gasteiger partial charge in [-0.1, -0.05) is 20.8 Å². The third-order valence-corrected chi connectivity index (χ3v) is 1.30. The maximum Gasteiger partial charge on any atom is 0.202 e. The Balaban J connectivity index is 4.09. The predicted octanol–water partition coefficient (Wildman–Crippen LogP) is 0.760. The normalized spacial score (nSPS) is 10.8. The summed E-state index contributed by atoms with van der Waals surface area (Å²) in [7, 11) is 0. The third-order valence-electron chi connectivity index (χ3n) is 1.30. The average Bonchev–Trinajstić information content (AvgIpc) is 1.85. The predicted molar refractivity (Wildman–Crippen MR) is 40.2 cm³/mol. The molecule has 3 nitrogen and oxygen atoms in total. The minimum absolute atomic E-state index is 0.184. The van der Waals surface area contributed by atoms with Crippen LogP contribution < -0.4 is 0 Å². The lowest BCUT2D eigenvalue weighted by Crippen LogP contribution is -2.23. The van der Waals surface area contributed by atoms with Gasteiger partial charge in [0.2, 0.25) is 5.78 Å². The second kappa shape index (κ2) is 3.42. The summed E-state index contributed by atoms with van der Waals surface area (Å²) in [4.78, 5) is 31.4. The molecule has 0 aromatic heterocycles. The lowest BCUT2D eigenvalue weighted by Gasteiger charge is -2.14. The first-order valence-corrected chi connectivity index (χ1v) is 3.39. The van der Waals surface area contributed by atoms with E-state index in [2.05, 4.69) is 0 Å². The van der Waals surface area contributed by atoms with Crippen LogP contribution >= 0.6 is 0 Å². The number of ketones is 2. The number of carbonyl (C=O) groups excluding carboxylic acids is 3. The Morgan fingerprint density at radius 2 is 1.73 bits per heavy atom. The molecule has 0 aromatic rings. The van der Waals surface area contributed by atoms with Crippen molar-refractivity contribution in [1.82, 2.24) is 0 Å². The Morgan fingerprint density at radius 3 is 2.00 bits per heavy atom. The van der Waals surface area contributed by atoms with Crippen LogP contribution in [0.1, 0.15) is 27.2 Å². The fourth-order valence-electron chi connectivity index (χ4n) is 0.465. The maximum absolute atomic E-state index is 11.1. The van der Waals surface area contributed by atoms with Crippen LogP contribution in [0.5, 0.6) is 0 Å². The number of hydrogen-bond acceptors (Lipinski definition) is 3. The fraction of sp³-hybridized carbons (Fsp3) is 0.625. The number of carbonyl (C=O) groups is 3. The molecule has 0 aliphatic rings. The van der Waals surface area contributed by atoms with Crippen LogP contribution in [0, 0.1) is 5.41 Å². The summed E-state index contributed by atoms with van der Waals surface area (Å²) in [5, 5.41) is 0. The zero-order valence-corrected chi connectivity index (χ0v) is 7.01. The van der Waals surface area contributed by atoms with Gasteiger partial charge in [-0.15, -0.1) is 0 Å². The molecular weight excluding hydrogens is 144 g/mol. The molecule has 0 atom stereocenters. The maximum atomic E-state index is 11.1. The van der Waals surface area contributed by atoms with Gasteiger partial charge < -0.3 is 0 Å². The van der Waals surface area contributed by atoms with Gasteiger partial charge in [-0.25, -0.2) is 0 Å². The van der Waals surface area contributed by atoms with Gasteiger partial charge in [0, 0.05) is 5.41 Å². The van der Waals surface area contributed by atoms with E-state index in [0.29, 0.717) is 0 Å². The van der Waals surface area contributed by atoms with Gasteiger partial charge in [-0.2, -0.15) is 0 Å². The molecule has 0 N–H and O–H groups in total. The smallest absolute Gasteiger partial charge is 0.202 e. The van der Waals surface area contributed by atoms with E-state index in [-0.39, 0.29) is 18.5 Å². The quantitative estimate of drug-likeness (QED) is 0.344. The van der Waals surface area contributed by atoms with Crippen LogP contribution in [0.25, 0.3) is 0 Å². The van der Waals surface area contributed by atoms with Crippen molar-refractivity contribution >= 4 is 17.9 Å². The van der Waals surface area contributed by atoms with Crippen molar-refractivity contribution in [2.75, 3.05) is 0 Å². The van der Waals surface area contributed by atoms with Gasteiger partial charge in [0.1, 0.15) is 5.78 Å². The van der Waals surface area contributed by atoms with Crippen LogP contribution in [-0.4, -0.2) is 17.9 Å². The molecule has 0 spiro atoms. The summed E-state index contributed by atoms with van der Waals surface area (Å²) in [6, 6.07) is 0. The van der Waals surface area contributed by atoms with Crippen molar-refractivity contribution in [3.63, 3.8) is 0 Å². The second-order valence-corrected chi connectivity index (χ2v) is 3.43. The summed E-state index contributed by atoms with van der Waals surface area (Å²) in [6.45, 7) is 5.15. The highest BCUT2D eigenvalue weighted by atomic mass is 16.2. The van der Waals surface area contributed by atoms with E-state index in [9.17, 15) is 14.4 Å². The zero-order valence-electron chi connectivity index (χ0n) is 7.01. The van der Waals surface area contributed by atoms with Gasteiger partial charge in [0.25, 0.3) is 0 Å². The SMILES string of the molecule is CC(C)(C)C(=O)CC(=O)C=O. The third kappa shape index (κ3) is 3.65. The molecule has 3 heteroatoms. The molecule has 0 saturated heterocycles. The molecule has 0 amide bonds. The standard InChI is InChI=1S/C8H12O3/c1-8(2,3)7(11)4-6(10)5-9/h5H,4H2,1-3H3. The molecule has 11 heavy (non-hydrogen) atoms. The van der Waals surface area contributed by atoms with E-state index in [0.717, 1.165) is 0 Å². The lowest BCUT2D eigenvalue weighted by molar-refractivity contribution is -0.136. The van der Waals surface area contributed by atoms with Crippen LogP contribution in [0.2, 0.25) is 0 Å². The Kier molecular flexibility index (Phi) is 3.11. The summed E-state index contributed by atoms with van der Waals surface area (Å²) in [5.74, 6) is -0.848. The lowest BCUT2D eigenvalue weighted by atomic mass is 9.88. The number of Topliss-reactive ketones (excluding diaryl/α,β-unsaturated/α-hetero) is 2. The van der Waals surface area contributed by atoms with Gasteiger partial charge in [-0.05, 0) is 0 Å². The first-order chi connectivity index (χ1) is 4.88. The first-order valence-electron chi connectivity index (χ1n) is 3.39. The van der Waals surface area contributed by atoms with Crippen molar-refractivity contribution in [3.05, 3.63) is 0 Å². The van der Waals surface area contributed by atoms with Gasteiger partial charge >= 0.3 is 0 Å². The van der Waals surface area contributed by atoms with Crippen molar-refractivity contribution < 1.29 is 14.4 Å². The average molecular weight is 156 g/mol. The van der Waals surface area contributed by atoms with Gasteiger partial charge in [0.05, 0.1) is 6.42 Å². The Morgan fingerprint density at radius 1 is 1.27 bits per heavy atom. The molecule has 0 bridgehead atoms. The first kappa shape index (κ1) is 10.0. The van der Waals surface area contributed by atoms with Gasteiger partial charge in [0.15, 0.2) is 6.29 Å². The molecule has 0 aliphatic carbocycles. The molecular formula is C8H12O3. The van der Waals surface area contributed by atoms with E-state index in [1.54, 1.807) is 20.8 Å². The molecule has 0 unspecified atom stereocenters. The summed E-state index contributed by atoms with van der Waals surface area (Å²) < 4.78 is 0. The van der Waals surface area contributed by atoms with E-state index in [4.69, 9.17) is 0 Å². The largest absolute Gasteiger partial charge is 0.299 e. The molecule has 0 heterocycles.